The molecule has 156 valence electrons. The standard InChI is InChI=1S/C22H31N5O2/c1-18-6-3-7-20(19(18)2)29-17-8-21(28)23-11-5-12-26-13-15-27(16-14-26)22-24-9-4-10-25-22/h3-4,6-7,9-10H,5,8,11-17H2,1-2H3,(H,23,28). The van der Waals surface area contributed by atoms with E-state index in [4.69, 9.17) is 4.74 Å². The van der Waals surface area contributed by atoms with Gasteiger partial charge in [0.25, 0.3) is 0 Å². The van der Waals surface area contributed by atoms with Crippen LogP contribution in [0.2, 0.25) is 0 Å². The fraction of sp³-hybridized carbons (Fsp3) is 0.500. The first-order valence-electron chi connectivity index (χ1n) is 10.3. The smallest absolute Gasteiger partial charge is 0.225 e. The van der Waals surface area contributed by atoms with Crippen molar-refractivity contribution in [3.05, 3.63) is 47.8 Å². The van der Waals surface area contributed by atoms with E-state index in [-0.39, 0.29) is 5.91 Å². The first-order chi connectivity index (χ1) is 14.1. The number of benzene rings is 1. The average molecular weight is 398 g/mol. The Hall–Kier alpha value is -2.67. The Kier molecular flexibility index (Phi) is 7.81. The molecule has 3 rings (SSSR count). The molecule has 1 aliphatic heterocycles. The summed E-state index contributed by atoms with van der Waals surface area (Å²) in [6.45, 7) is 10.1. The van der Waals surface area contributed by atoms with Crippen LogP contribution in [0, 0.1) is 13.8 Å². The number of piperazine rings is 1. The van der Waals surface area contributed by atoms with E-state index in [1.54, 1.807) is 12.4 Å². The first-order valence-corrected chi connectivity index (χ1v) is 10.3. The molecule has 2 aromatic rings. The maximum absolute atomic E-state index is 12.0. The zero-order chi connectivity index (χ0) is 20.5. The molecule has 0 aliphatic carbocycles. The predicted molar refractivity (Wildman–Crippen MR) is 114 cm³/mol. The van der Waals surface area contributed by atoms with Gasteiger partial charge in [0.15, 0.2) is 0 Å². The zero-order valence-corrected chi connectivity index (χ0v) is 17.4. The van der Waals surface area contributed by atoms with Crippen molar-refractivity contribution in [1.82, 2.24) is 20.2 Å². The highest BCUT2D eigenvalue weighted by Crippen LogP contribution is 2.20. The van der Waals surface area contributed by atoms with Crippen LogP contribution in [-0.4, -0.2) is 66.7 Å². The maximum atomic E-state index is 12.0. The van der Waals surface area contributed by atoms with Crippen molar-refractivity contribution in [3.63, 3.8) is 0 Å². The predicted octanol–water partition coefficient (Wildman–Crippen LogP) is 2.19. The first kappa shape index (κ1) is 21.0. The molecule has 1 aromatic heterocycles. The van der Waals surface area contributed by atoms with Crippen LogP contribution in [0.4, 0.5) is 5.95 Å². The van der Waals surface area contributed by atoms with E-state index < -0.39 is 0 Å². The molecular formula is C22H31N5O2. The summed E-state index contributed by atoms with van der Waals surface area (Å²) in [6, 6.07) is 7.82. The molecule has 1 N–H and O–H groups in total. The van der Waals surface area contributed by atoms with E-state index in [0.717, 1.165) is 56.4 Å². The number of hydrogen-bond donors (Lipinski definition) is 1. The number of carbonyl (C=O) groups excluding carboxylic acids is 1. The topological polar surface area (TPSA) is 70.6 Å². The molecule has 0 spiro atoms. The molecule has 7 heteroatoms. The number of amides is 1. The van der Waals surface area contributed by atoms with Gasteiger partial charge < -0.3 is 15.0 Å². The second kappa shape index (κ2) is 10.8. The lowest BCUT2D eigenvalue weighted by Crippen LogP contribution is -2.47. The summed E-state index contributed by atoms with van der Waals surface area (Å²) >= 11 is 0. The summed E-state index contributed by atoms with van der Waals surface area (Å²) in [6.07, 6.45) is 4.89. The van der Waals surface area contributed by atoms with Crippen LogP contribution in [0.15, 0.2) is 36.7 Å². The fourth-order valence-electron chi connectivity index (χ4n) is 3.38. The van der Waals surface area contributed by atoms with Gasteiger partial charge in [-0.1, -0.05) is 12.1 Å². The van der Waals surface area contributed by atoms with E-state index in [9.17, 15) is 4.79 Å². The van der Waals surface area contributed by atoms with Crippen LogP contribution in [0.25, 0.3) is 0 Å². The lowest BCUT2D eigenvalue weighted by molar-refractivity contribution is -0.121. The van der Waals surface area contributed by atoms with Gasteiger partial charge in [-0.25, -0.2) is 9.97 Å². The van der Waals surface area contributed by atoms with Crippen molar-refractivity contribution in [3.8, 4) is 5.75 Å². The van der Waals surface area contributed by atoms with Crippen molar-refractivity contribution in [1.29, 1.82) is 0 Å². The number of nitrogens with zero attached hydrogens (tertiary/aromatic N) is 4. The molecule has 0 saturated carbocycles. The van der Waals surface area contributed by atoms with Gasteiger partial charge in [0.1, 0.15) is 5.75 Å². The molecule has 0 bridgehead atoms. The number of anilines is 1. The summed E-state index contributed by atoms with van der Waals surface area (Å²) in [5, 5.41) is 2.99. The van der Waals surface area contributed by atoms with Crippen molar-refractivity contribution in [2.75, 3.05) is 50.8 Å². The van der Waals surface area contributed by atoms with E-state index >= 15 is 0 Å². The SMILES string of the molecule is Cc1cccc(OCCC(=O)NCCCN2CCN(c3ncccn3)CC2)c1C. The normalized spacial score (nSPS) is 14.6. The Morgan fingerprint density at radius 3 is 2.62 bits per heavy atom. The summed E-state index contributed by atoms with van der Waals surface area (Å²) < 4.78 is 5.75. The largest absolute Gasteiger partial charge is 0.493 e. The number of aromatic nitrogens is 2. The maximum Gasteiger partial charge on any atom is 0.225 e. The molecule has 0 radical (unpaired) electrons. The molecule has 1 fully saturated rings. The van der Waals surface area contributed by atoms with E-state index in [1.165, 1.54) is 5.56 Å². The number of rotatable bonds is 9. The van der Waals surface area contributed by atoms with Crippen LogP contribution < -0.4 is 15.0 Å². The van der Waals surface area contributed by atoms with E-state index in [1.807, 2.05) is 25.1 Å². The van der Waals surface area contributed by atoms with Crippen LogP contribution in [0.1, 0.15) is 24.0 Å². The molecule has 29 heavy (non-hydrogen) atoms. The number of hydrogen-bond acceptors (Lipinski definition) is 6. The quantitative estimate of drug-likeness (QED) is 0.654. The van der Waals surface area contributed by atoms with Gasteiger partial charge in [0.05, 0.1) is 13.0 Å². The highest BCUT2D eigenvalue weighted by molar-refractivity contribution is 5.75. The Balaban J connectivity index is 1.25. The lowest BCUT2D eigenvalue weighted by Gasteiger charge is -2.34. The molecule has 7 nitrogen and oxygen atoms in total. The van der Waals surface area contributed by atoms with Crippen molar-refractivity contribution >= 4 is 11.9 Å². The Morgan fingerprint density at radius 1 is 1.10 bits per heavy atom. The molecule has 0 atom stereocenters. The molecule has 1 aromatic carbocycles. The minimum absolute atomic E-state index is 0.0429. The highest BCUT2D eigenvalue weighted by atomic mass is 16.5. The number of aryl methyl sites for hydroxylation is 1. The highest BCUT2D eigenvalue weighted by Gasteiger charge is 2.18. The third-order valence-corrected chi connectivity index (χ3v) is 5.32. The van der Waals surface area contributed by atoms with Crippen LogP contribution in [0.5, 0.6) is 5.75 Å². The Labute approximate surface area is 173 Å². The van der Waals surface area contributed by atoms with Gasteiger partial charge >= 0.3 is 0 Å². The summed E-state index contributed by atoms with van der Waals surface area (Å²) in [4.78, 5) is 25.3. The third kappa shape index (κ3) is 6.42. The third-order valence-electron chi connectivity index (χ3n) is 5.32. The van der Waals surface area contributed by atoms with E-state index in [0.29, 0.717) is 19.6 Å². The fourth-order valence-corrected chi connectivity index (χ4v) is 3.38. The Bertz CT molecular complexity index is 776. The van der Waals surface area contributed by atoms with Gasteiger partial charge in [-0.2, -0.15) is 0 Å². The minimum atomic E-state index is 0.0429. The summed E-state index contributed by atoms with van der Waals surface area (Å²) in [7, 11) is 0. The van der Waals surface area contributed by atoms with Gasteiger partial charge in [0.2, 0.25) is 11.9 Å². The molecule has 1 saturated heterocycles. The monoisotopic (exact) mass is 397 g/mol. The van der Waals surface area contributed by atoms with Gasteiger partial charge in [-0.3, -0.25) is 9.69 Å². The van der Waals surface area contributed by atoms with Gasteiger partial charge in [-0.15, -0.1) is 0 Å². The van der Waals surface area contributed by atoms with Crippen LogP contribution >= 0.6 is 0 Å². The second-order valence-electron chi connectivity index (χ2n) is 7.38. The number of nitrogens with one attached hydrogen (secondary N) is 1. The second-order valence-corrected chi connectivity index (χ2v) is 7.38. The minimum Gasteiger partial charge on any atom is -0.493 e. The number of ether oxygens (including phenoxy) is 1. The lowest BCUT2D eigenvalue weighted by atomic mass is 10.1. The Morgan fingerprint density at radius 2 is 1.86 bits per heavy atom. The van der Waals surface area contributed by atoms with Gasteiger partial charge in [-0.05, 0) is 50.1 Å². The summed E-state index contributed by atoms with van der Waals surface area (Å²) in [5.74, 6) is 1.71. The average Bonchev–Trinajstić information content (AvgIpc) is 2.75. The van der Waals surface area contributed by atoms with Crippen molar-refractivity contribution in [2.24, 2.45) is 0 Å². The van der Waals surface area contributed by atoms with Gasteiger partial charge in [0, 0.05) is 45.1 Å². The van der Waals surface area contributed by atoms with Crippen molar-refractivity contribution in [2.45, 2.75) is 26.7 Å². The molecule has 2 heterocycles. The van der Waals surface area contributed by atoms with Crippen LogP contribution in [-0.2, 0) is 4.79 Å². The summed E-state index contributed by atoms with van der Waals surface area (Å²) in [5.41, 5.74) is 2.33. The molecule has 1 aliphatic rings. The molecule has 0 unspecified atom stereocenters. The van der Waals surface area contributed by atoms with E-state index in [2.05, 4.69) is 38.1 Å². The molecule has 1 amide bonds. The number of carbonyl (C=O) groups is 1. The van der Waals surface area contributed by atoms with Crippen molar-refractivity contribution < 1.29 is 9.53 Å². The zero-order valence-electron chi connectivity index (χ0n) is 17.4. The molecular weight excluding hydrogens is 366 g/mol. The van der Waals surface area contributed by atoms with Crippen LogP contribution in [0.3, 0.4) is 0 Å².